The number of benzene rings is 1. The molecule has 0 fully saturated rings. The zero-order valence-electron chi connectivity index (χ0n) is 15.0. The highest BCUT2D eigenvalue weighted by Crippen LogP contribution is 2.30. The van der Waals surface area contributed by atoms with E-state index in [0.29, 0.717) is 11.5 Å². The molecule has 0 amide bonds. The van der Waals surface area contributed by atoms with Crippen LogP contribution in [0.1, 0.15) is 11.1 Å². The van der Waals surface area contributed by atoms with Crippen molar-refractivity contribution in [3.8, 4) is 34.4 Å². The molecule has 4 heteroatoms. The summed E-state index contributed by atoms with van der Waals surface area (Å²) in [5.74, 6) is 8.00. The molecular weight excluding hydrogens is 304 g/mol. The summed E-state index contributed by atoms with van der Waals surface area (Å²) < 4.78 is 10.8. The van der Waals surface area contributed by atoms with Crippen molar-refractivity contribution >= 4 is 16.1 Å². The van der Waals surface area contributed by atoms with Gasteiger partial charge in [-0.25, -0.2) is 0 Å². The number of hydrogen-bond donors (Lipinski definition) is 0. The molecule has 0 aliphatic rings. The number of methoxy groups -OCH3 is 2. The van der Waals surface area contributed by atoms with E-state index in [9.17, 15) is 0 Å². The smallest absolute Gasteiger partial charge is 0.162 e. The molecule has 1 rings (SSSR count). The lowest BCUT2D eigenvalue weighted by Gasteiger charge is -2.11. The van der Waals surface area contributed by atoms with E-state index in [0.717, 1.165) is 11.1 Å². The predicted octanol–water partition coefficient (Wildman–Crippen LogP) is 4.16. The maximum absolute atomic E-state index is 5.39. The topological polar surface area (TPSA) is 18.5 Å². The van der Waals surface area contributed by atoms with Crippen molar-refractivity contribution < 1.29 is 9.47 Å². The molecule has 1 aromatic carbocycles. The predicted molar refractivity (Wildman–Crippen MR) is 100.0 cm³/mol. The summed E-state index contributed by atoms with van der Waals surface area (Å²) in [4.78, 5) is 0. The van der Waals surface area contributed by atoms with E-state index >= 15 is 0 Å². The monoisotopic (exact) mass is 330 g/mol. The Bertz CT molecular complexity index is 598. The van der Waals surface area contributed by atoms with Crippen molar-refractivity contribution in [1.82, 2.24) is 0 Å². The molecule has 0 radical (unpaired) electrons. The summed E-state index contributed by atoms with van der Waals surface area (Å²) in [6, 6.07) is 3.86. The zero-order valence-corrected chi connectivity index (χ0v) is 17.0. The summed E-state index contributed by atoms with van der Waals surface area (Å²) in [6.45, 7) is 13.4. The van der Waals surface area contributed by atoms with Crippen molar-refractivity contribution in [3.63, 3.8) is 0 Å². The zero-order chi connectivity index (χ0) is 17.0. The van der Waals surface area contributed by atoms with Gasteiger partial charge in [0.05, 0.1) is 14.2 Å². The van der Waals surface area contributed by atoms with Crippen LogP contribution in [-0.2, 0) is 0 Å². The second-order valence-electron chi connectivity index (χ2n) is 7.25. The van der Waals surface area contributed by atoms with Crippen molar-refractivity contribution in [2.45, 2.75) is 39.3 Å². The normalized spacial score (nSPS) is 10.9. The third kappa shape index (κ3) is 6.01. The van der Waals surface area contributed by atoms with Gasteiger partial charge < -0.3 is 9.47 Å². The van der Waals surface area contributed by atoms with Crippen LogP contribution in [0.25, 0.3) is 0 Å². The van der Waals surface area contributed by atoms with Gasteiger partial charge >= 0.3 is 0 Å². The van der Waals surface area contributed by atoms with Gasteiger partial charge in [0.15, 0.2) is 11.5 Å². The second kappa shape index (κ2) is 7.09. The highest BCUT2D eigenvalue weighted by molar-refractivity contribution is 6.84. The molecule has 118 valence electrons. The Morgan fingerprint density at radius 3 is 1.23 bits per heavy atom. The SMILES string of the molecule is COc1cc(C#C[Si](C)(C)C)c(C#C[Si](C)(C)C)cc1OC. The summed E-state index contributed by atoms with van der Waals surface area (Å²) in [7, 11) is 0.390. The minimum Gasteiger partial charge on any atom is -0.493 e. The van der Waals surface area contributed by atoms with Crippen LogP contribution in [-0.4, -0.2) is 30.4 Å². The van der Waals surface area contributed by atoms with Gasteiger partial charge in [-0.15, -0.1) is 11.1 Å². The molecule has 22 heavy (non-hydrogen) atoms. The van der Waals surface area contributed by atoms with E-state index < -0.39 is 16.1 Å². The van der Waals surface area contributed by atoms with E-state index in [2.05, 4.69) is 62.2 Å². The van der Waals surface area contributed by atoms with Crippen LogP contribution in [0.2, 0.25) is 39.3 Å². The van der Waals surface area contributed by atoms with Gasteiger partial charge in [-0.05, 0) is 0 Å². The molecule has 0 spiro atoms. The molecule has 0 saturated carbocycles. The number of ether oxygens (including phenoxy) is 2. The minimum atomic E-state index is -1.44. The van der Waals surface area contributed by atoms with Crippen LogP contribution < -0.4 is 9.47 Å². The lowest BCUT2D eigenvalue weighted by molar-refractivity contribution is 0.355. The minimum absolute atomic E-state index is 0.695. The molecule has 1 aromatic rings. The van der Waals surface area contributed by atoms with E-state index in [4.69, 9.17) is 9.47 Å². The Hall–Kier alpha value is -1.63. The average Bonchev–Trinajstić information content (AvgIpc) is 2.40. The van der Waals surface area contributed by atoms with Crippen LogP contribution in [0.15, 0.2) is 12.1 Å². The molecule has 0 heterocycles. The fourth-order valence-electron chi connectivity index (χ4n) is 1.60. The van der Waals surface area contributed by atoms with Crippen molar-refractivity contribution in [1.29, 1.82) is 0 Å². The maximum atomic E-state index is 5.39. The molecule has 0 N–H and O–H groups in total. The molecule has 0 aliphatic heterocycles. The third-order valence-electron chi connectivity index (χ3n) is 2.67. The van der Waals surface area contributed by atoms with Gasteiger partial charge in [0.25, 0.3) is 0 Å². The van der Waals surface area contributed by atoms with Gasteiger partial charge in [-0.1, -0.05) is 51.1 Å². The Balaban J connectivity index is 3.48. The van der Waals surface area contributed by atoms with Gasteiger partial charge in [-0.3, -0.25) is 0 Å². The Labute approximate surface area is 137 Å². The maximum Gasteiger partial charge on any atom is 0.162 e. The molecule has 0 bridgehead atoms. The fourth-order valence-corrected chi connectivity index (χ4v) is 2.61. The standard InChI is InChI=1S/C18H26O2Si2/c1-19-17-13-15(9-11-21(3,4)5)16(14-18(17)20-2)10-12-22(6,7)8/h13-14H,1-8H3. The van der Waals surface area contributed by atoms with Crippen LogP contribution in [0.3, 0.4) is 0 Å². The highest BCUT2D eigenvalue weighted by atomic mass is 28.3. The molecule has 0 aromatic heterocycles. The number of hydrogen-bond acceptors (Lipinski definition) is 2. The van der Waals surface area contributed by atoms with Gasteiger partial charge in [-0.2, -0.15) is 0 Å². The van der Waals surface area contributed by atoms with E-state index in [1.165, 1.54) is 0 Å². The summed E-state index contributed by atoms with van der Waals surface area (Å²) in [5.41, 5.74) is 8.65. The largest absolute Gasteiger partial charge is 0.493 e. The Morgan fingerprint density at radius 1 is 0.682 bits per heavy atom. The molecule has 0 saturated heterocycles. The quantitative estimate of drug-likeness (QED) is 0.599. The first-order valence-corrected chi connectivity index (χ1v) is 14.4. The summed E-state index contributed by atoms with van der Waals surface area (Å²) in [5, 5.41) is 0. The first-order valence-electron chi connectivity index (χ1n) is 7.38. The summed E-state index contributed by atoms with van der Waals surface area (Å²) in [6.07, 6.45) is 0. The van der Waals surface area contributed by atoms with Crippen LogP contribution in [0.4, 0.5) is 0 Å². The van der Waals surface area contributed by atoms with Crippen LogP contribution >= 0.6 is 0 Å². The van der Waals surface area contributed by atoms with Crippen molar-refractivity contribution in [2.24, 2.45) is 0 Å². The molecule has 2 nitrogen and oxygen atoms in total. The Kier molecular flexibility index (Phi) is 5.94. The van der Waals surface area contributed by atoms with Crippen LogP contribution in [0, 0.1) is 22.9 Å². The third-order valence-corrected chi connectivity index (χ3v) is 4.42. The summed E-state index contributed by atoms with van der Waals surface area (Å²) >= 11 is 0. The van der Waals surface area contributed by atoms with Crippen molar-refractivity contribution in [3.05, 3.63) is 23.3 Å². The highest BCUT2D eigenvalue weighted by Gasteiger charge is 2.12. The van der Waals surface area contributed by atoms with E-state index in [1.807, 2.05) is 12.1 Å². The Morgan fingerprint density at radius 2 is 1.00 bits per heavy atom. The molecule has 0 unspecified atom stereocenters. The van der Waals surface area contributed by atoms with Gasteiger partial charge in [0, 0.05) is 23.3 Å². The van der Waals surface area contributed by atoms with E-state index in [1.54, 1.807) is 14.2 Å². The van der Waals surface area contributed by atoms with Crippen LogP contribution in [0.5, 0.6) is 11.5 Å². The van der Waals surface area contributed by atoms with E-state index in [-0.39, 0.29) is 0 Å². The lowest BCUT2D eigenvalue weighted by atomic mass is 10.1. The van der Waals surface area contributed by atoms with Crippen molar-refractivity contribution in [2.75, 3.05) is 14.2 Å². The molecule has 0 aliphatic carbocycles. The first kappa shape index (κ1) is 18.4. The molecular formula is C18H26O2Si2. The molecule has 0 atom stereocenters. The average molecular weight is 331 g/mol. The first-order chi connectivity index (χ1) is 10.1. The fraction of sp³-hybridized carbons (Fsp3) is 0.444. The van der Waals surface area contributed by atoms with Gasteiger partial charge in [0.2, 0.25) is 0 Å². The van der Waals surface area contributed by atoms with Gasteiger partial charge in [0.1, 0.15) is 16.1 Å². The second-order valence-corrected chi connectivity index (χ2v) is 16.8. The lowest BCUT2D eigenvalue weighted by Crippen LogP contribution is -2.17. The number of rotatable bonds is 2.